The molecular weight excluding hydrogens is 685 g/mol. The highest BCUT2D eigenvalue weighted by molar-refractivity contribution is 5.72. The summed E-state index contributed by atoms with van der Waals surface area (Å²) in [6.45, 7) is 6.13. The molecule has 6 nitrogen and oxygen atoms in total. The van der Waals surface area contributed by atoms with E-state index >= 15 is 0 Å². The highest BCUT2D eigenvalue weighted by Gasteiger charge is 2.19. The highest BCUT2D eigenvalue weighted by Crippen LogP contribution is 2.08. The first kappa shape index (κ1) is 50.8. The van der Waals surface area contributed by atoms with Crippen molar-refractivity contribution >= 4 is 17.9 Å². The summed E-state index contributed by atoms with van der Waals surface area (Å²) in [6, 6.07) is 0. The average Bonchev–Trinajstić information content (AvgIpc) is 3.18. The van der Waals surface area contributed by atoms with Crippen LogP contribution in [0.1, 0.15) is 149 Å². The molecule has 0 aromatic rings. The fourth-order valence-corrected chi connectivity index (χ4v) is 4.90. The van der Waals surface area contributed by atoms with Gasteiger partial charge in [-0.1, -0.05) is 168 Å². The van der Waals surface area contributed by atoms with E-state index < -0.39 is 12.1 Å². The van der Waals surface area contributed by atoms with Crippen LogP contribution in [0.3, 0.4) is 0 Å². The average molecular weight is 759 g/mol. The Balaban J connectivity index is 4.52. The number of carbonyl (C=O) groups is 3. The molecule has 55 heavy (non-hydrogen) atoms. The predicted octanol–water partition coefficient (Wildman–Crippen LogP) is 13.4. The van der Waals surface area contributed by atoms with Crippen LogP contribution in [-0.4, -0.2) is 37.2 Å². The summed E-state index contributed by atoms with van der Waals surface area (Å²) < 4.78 is 16.4. The van der Waals surface area contributed by atoms with Crippen LogP contribution in [0.4, 0.5) is 0 Å². The van der Waals surface area contributed by atoms with Crippen molar-refractivity contribution in [2.24, 2.45) is 0 Å². The quantitative estimate of drug-likeness (QED) is 0.0277. The molecule has 0 aromatic heterocycles. The van der Waals surface area contributed by atoms with Gasteiger partial charge in [-0.2, -0.15) is 0 Å². The summed E-state index contributed by atoms with van der Waals surface area (Å²) >= 11 is 0. The first-order valence-electron chi connectivity index (χ1n) is 21.0. The summed E-state index contributed by atoms with van der Waals surface area (Å²) in [6.07, 6.45) is 58.1. The highest BCUT2D eigenvalue weighted by atomic mass is 16.6. The second-order valence-corrected chi connectivity index (χ2v) is 13.2. The van der Waals surface area contributed by atoms with Gasteiger partial charge in [0.2, 0.25) is 0 Å². The van der Waals surface area contributed by atoms with Gasteiger partial charge in [-0.3, -0.25) is 14.4 Å². The van der Waals surface area contributed by atoms with Crippen LogP contribution in [0.15, 0.2) is 122 Å². The smallest absolute Gasteiger partial charge is 0.310 e. The molecule has 0 aliphatic rings. The van der Waals surface area contributed by atoms with E-state index in [1.807, 2.05) is 6.08 Å². The molecule has 0 amide bonds. The zero-order chi connectivity index (χ0) is 40.1. The van der Waals surface area contributed by atoms with Crippen molar-refractivity contribution in [3.8, 4) is 0 Å². The molecule has 0 aliphatic heterocycles. The number of hydrogen-bond donors (Lipinski definition) is 0. The van der Waals surface area contributed by atoms with Crippen LogP contribution in [0.5, 0.6) is 0 Å². The van der Waals surface area contributed by atoms with Gasteiger partial charge in [0.15, 0.2) is 6.10 Å². The Morgan fingerprint density at radius 2 is 0.764 bits per heavy atom. The number of ether oxygens (including phenoxy) is 3. The third-order valence-electron chi connectivity index (χ3n) is 7.99. The molecule has 0 saturated carbocycles. The molecule has 0 spiro atoms. The van der Waals surface area contributed by atoms with Crippen LogP contribution in [-0.2, 0) is 28.6 Å². The van der Waals surface area contributed by atoms with Gasteiger partial charge in [0.05, 0.1) is 6.42 Å². The molecule has 1 unspecified atom stereocenters. The maximum atomic E-state index is 12.6. The minimum Gasteiger partial charge on any atom is -0.462 e. The second kappa shape index (κ2) is 42.6. The molecule has 0 aromatic carbocycles. The normalized spacial score (nSPS) is 13.3. The third-order valence-corrected chi connectivity index (χ3v) is 7.99. The SMILES string of the molecule is CC/C=C\C/C=C\C/C=C\C/C=C\C/C=C\CCCC(=O)OCC(COC(=O)CCCCCCC)OC(=O)C/C=C\C/C=C\C/C=C\C/C=C\C/C=C\CC. The number of allylic oxidation sites excluding steroid dienone is 19. The van der Waals surface area contributed by atoms with Crippen LogP contribution in [0.2, 0.25) is 0 Å². The molecule has 1 atom stereocenters. The summed E-state index contributed by atoms with van der Waals surface area (Å²) in [4.78, 5) is 37.3. The van der Waals surface area contributed by atoms with Gasteiger partial charge in [0, 0.05) is 12.8 Å². The lowest BCUT2D eigenvalue weighted by molar-refractivity contribution is -0.166. The van der Waals surface area contributed by atoms with E-state index in [9.17, 15) is 14.4 Å². The molecule has 0 N–H and O–H groups in total. The van der Waals surface area contributed by atoms with Gasteiger partial charge in [-0.15, -0.1) is 0 Å². The maximum absolute atomic E-state index is 12.6. The molecule has 0 saturated heterocycles. The van der Waals surface area contributed by atoms with Gasteiger partial charge in [0.25, 0.3) is 0 Å². The lowest BCUT2D eigenvalue weighted by atomic mass is 10.1. The van der Waals surface area contributed by atoms with E-state index in [0.29, 0.717) is 19.3 Å². The Labute approximate surface area is 335 Å². The van der Waals surface area contributed by atoms with Crippen molar-refractivity contribution in [3.05, 3.63) is 122 Å². The summed E-state index contributed by atoms with van der Waals surface area (Å²) in [5.41, 5.74) is 0. The molecule has 0 bridgehead atoms. The first-order valence-corrected chi connectivity index (χ1v) is 21.0. The Bertz CT molecular complexity index is 1240. The largest absolute Gasteiger partial charge is 0.462 e. The fraction of sp³-hybridized carbons (Fsp3) is 0.531. The summed E-state index contributed by atoms with van der Waals surface area (Å²) in [7, 11) is 0. The Hall–Kier alpha value is -4.19. The number of rotatable bonds is 35. The Kier molecular flexibility index (Phi) is 39.3. The minimum atomic E-state index is -0.853. The minimum absolute atomic E-state index is 0.0800. The number of esters is 3. The van der Waals surface area contributed by atoms with E-state index in [4.69, 9.17) is 14.2 Å². The fourth-order valence-electron chi connectivity index (χ4n) is 4.90. The number of carbonyl (C=O) groups excluding carboxylic acids is 3. The van der Waals surface area contributed by atoms with Gasteiger partial charge in [0.1, 0.15) is 13.2 Å². The summed E-state index contributed by atoms with van der Waals surface area (Å²) in [5, 5.41) is 0. The van der Waals surface area contributed by atoms with Crippen molar-refractivity contribution in [2.45, 2.75) is 155 Å². The lowest BCUT2D eigenvalue weighted by Crippen LogP contribution is -2.30. The van der Waals surface area contributed by atoms with E-state index in [0.717, 1.165) is 96.3 Å². The van der Waals surface area contributed by atoms with E-state index in [1.165, 1.54) is 0 Å². The van der Waals surface area contributed by atoms with E-state index in [1.54, 1.807) is 6.08 Å². The molecule has 0 heterocycles. The lowest BCUT2D eigenvalue weighted by Gasteiger charge is -2.18. The molecule has 0 aliphatic carbocycles. The topological polar surface area (TPSA) is 78.9 Å². The molecular formula is C49H74O6. The van der Waals surface area contributed by atoms with Crippen LogP contribution < -0.4 is 0 Å². The second-order valence-electron chi connectivity index (χ2n) is 13.2. The van der Waals surface area contributed by atoms with Gasteiger partial charge in [-0.05, 0) is 83.5 Å². The van der Waals surface area contributed by atoms with Crippen LogP contribution in [0, 0.1) is 0 Å². The zero-order valence-corrected chi connectivity index (χ0v) is 34.6. The van der Waals surface area contributed by atoms with Gasteiger partial charge >= 0.3 is 17.9 Å². The molecule has 0 rings (SSSR count). The number of unbranched alkanes of at least 4 members (excludes halogenated alkanes) is 5. The number of hydrogen-bond acceptors (Lipinski definition) is 6. The van der Waals surface area contributed by atoms with Crippen molar-refractivity contribution in [2.75, 3.05) is 13.2 Å². The van der Waals surface area contributed by atoms with Crippen molar-refractivity contribution in [3.63, 3.8) is 0 Å². The molecule has 306 valence electrons. The van der Waals surface area contributed by atoms with E-state index in [2.05, 4.69) is 130 Å². The van der Waals surface area contributed by atoms with Crippen molar-refractivity contribution in [1.82, 2.24) is 0 Å². The van der Waals surface area contributed by atoms with Crippen molar-refractivity contribution < 1.29 is 28.6 Å². The Morgan fingerprint density at radius 1 is 0.400 bits per heavy atom. The first-order chi connectivity index (χ1) is 27.0. The van der Waals surface area contributed by atoms with E-state index in [-0.39, 0.29) is 38.0 Å². The maximum Gasteiger partial charge on any atom is 0.310 e. The molecule has 0 radical (unpaired) electrons. The monoisotopic (exact) mass is 759 g/mol. The predicted molar refractivity (Wildman–Crippen MR) is 233 cm³/mol. The summed E-state index contributed by atoms with van der Waals surface area (Å²) in [5.74, 6) is -1.16. The van der Waals surface area contributed by atoms with Crippen molar-refractivity contribution in [1.29, 1.82) is 0 Å². The van der Waals surface area contributed by atoms with Crippen LogP contribution >= 0.6 is 0 Å². The molecule has 0 fully saturated rings. The third kappa shape index (κ3) is 40.8. The Morgan fingerprint density at radius 3 is 1.18 bits per heavy atom. The van der Waals surface area contributed by atoms with Gasteiger partial charge < -0.3 is 14.2 Å². The zero-order valence-electron chi connectivity index (χ0n) is 34.6. The van der Waals surface area contributed by atoms with Crippen LogP contribution in [0.25, 0.3) is 0 Å². The van der Waals surface area contributed by atoms with Gasteiger partial charge in [-0.25, -0.2) is 0 Å². The standard InChI is InChI=1S/C49H74O6/c1-4-7-10-13-15-17-19-21-23-24-26-27-29-31-33-36-39-42-48(51)54-45-46(44-53-47(50)41-38-35-12-9-6-3)55-49(52)43-40-37-34-32-30-28-25-22-20-18-16-14-11-8-5-2/h7-8,10-11,15-18,21-23,25-27,30-33,37,40,46H,4-6,9,12-14,19-20,24,28-29,34-36,38-39,41-45H2,1-3H3/b10-7-,11-8-,17-15-,18-16-,23-21-,25-22-,27-26-,32-30-,33-31-,40-37-. The molecule has 6 heteroatoms.